The molecule has 1 rings (SSSR count). The normalized spacial score (nSPS) is 16.8. The van der Waals surface area contributed by atoms with Crippen molar-refractivity contribution >= 4 is 17.7 Å². The smallest absolute Gasteiger partial charge is 0.226 e. The van der Waals surface area contributed by atoms with Crippen LogP contribution >= 0.6 is 0 Å². The van der Waals surface area contributed by atoms with Crippen LogP contribution in [0.1, 0.15) is 47.0 Å². The van der Waals surface area contributed by atoms with E-state index in [0.717, 1.165) is 0 Å². The summed E-state index contributed by atoms with van der Waals surface area (Å²) in [6.07, 6.45) is 0.596. The Hall–Kier alpha value is -0.286. The topological polar surface area (TPSA) is 77.3 Å². The molecule has 0 aromatic heterocycles. The summed E-state index contributed by atoms with van der Waals surface area (Å²) in [6, 6.07) is -0.702. The van der Waals surface area contributed by atoms with Gasteiger partial charge in [-0.1, -0.05) is 27.7 Å². The summed E-state index contributed by atoms with van der Waals surface area (Å²) >= 11 is 0. The minimum absolute atomic E-state index is 0. The van der Waals surface area contributed by atoms with E-state index in [1.165, 1.54) is 0 Å². The molecule has 0 bridgehead atoms. The molecule has 1 atom stereocenters. The molecule has 6 heteroatoms. The first-order chi connectivity index (χ1) is 8.13. The number of nitrogens with zero attached hydrogens (tertiary/aromatic N) is 1. The molecule has 1 unspecified atom stereocenters. The van der Waals surface area contributed by atoms with Crippen LogP contribution in [0.4, 0.5) is 0 Å². The van der Waals surface area contributed by atoms with Gasteiger partial charge in [0.15, 0.2) is 0 Å². The van der Waals surface area contributed by atoms with Gasteiger partial charge in [-0.05, 0) is 12.5 Å². The first-order valence-corrected chi connectivity index (χ1v) is 6.00. The third kappa shape index (κ3) is 9.71. The fourth-order valence-electron chi connectivity index (χ4n) is 1.04. The van der Waals surface area contributed by atoms with Gasteiger partial charge in [0.1, 0.15) is 0 Å². The van der Waals surface area contributed by atoms with E-state index in [1.807, 2.05) is 27.7 Å². The molecule has 1 aliphatic heterocycles. The monoisotopic (exact) mass is 331 g/mol. The van der Waals surface area contributed by atoms with E-state index < -0.39 is 17.9 Å². The molecule has 1 radical (unpaired) electrons. The molecule has 5 nitrogen and oxygen atoms in total. The zero-order valence-electron chi connectivity index (χ0n) is 11.7. The van der Waals surface area contributed by atoms with Gasteiger partial charge in [0.05, 0.1) is 0 Å². The summed E-state index contributed by atoms with van der Waals surface area (Å²) in [5.41, 5.74) is 0. The van der Waals surface area contributed by atoms with Gasteiger partial charge in [0.25, 0.3) is 0 Å². The quantitative estimate of drug-likeness (QED) is 0.621. The van der Waals surface area contributed by atoms with Gasteiger partial charge in [-0.2, -0.15) is 0 Å². The summed E-state index contributed by atoms with van der Waals surface area (Å²) in [6.45, 7) is 11.3. The number of nitrogens with one attached hydrogen (secondary N) is 1. The molecule has 1 fully saturated rings. The molecule has 18 heavy (non-hydrogen) atoms. The number of piperidine rings is 1. The van der Waals surface area contributed by atoms with Gasteiger partial charge in [-0.3, -0.25) is 14.9 Å². The standard InChI is InChI=1S/C8H11N2O3.2C2H6.Y/c1-2-6(11)9-5-3-4-7(12)10-8(5)13;2*1-2;/h5H,1-4H2,(H2,9,10,11,12,13);2*1-2H3;/q-1;;;/p-1. The van der Waals surface area contributed by atoms with E-state index in [0.29, 0.717) is 6.42 Å². The maximum Gasteiger partial charge on any atom is 0.226 e. The predicted octanol–water partition coefficient (Wildman–Crippen LogP) is 1.97. The molecular formula is C12H22N2O3Y-2. The molecule has 103 valence electrons. The second-order valence-electron chi connectivity index (χ2n) is 2.74. The van der Waals surface area contributed by atoms with Crippen molar-refractivity contribution in [3.05, 3.63) is 12.2 Å². The fraction of sp³-hybridized carbons (Fsp3) is 0.667. The second kappa shape index (κ2) is 14.8. The minimum atomic E-state index is -0.702. The molecule has 1 aliphatic rings. The summed E-state index contributed by atoms with van der Waals surface area (Å²) in [4.78, 5) is 32.6. The van der Waals surface area contributed by atoms with E-state index in [2.05, 4.69) is 17.6 Å². The van der Waals surface area contributed by atoms with E-state index in [1.54, 1.807) is 0 Å². The van der Waals surface area contributed by atoms with Crippen molar-refractivity contribution in [1.29, 1.82) is 0 Å². The van der Waals surface area contributed by atoms with Crippen molar-refractivity contribution in [3.63, 3.8) is 0 Å². The Morgan fingerprint density at radius 2 is 1.83 bits per heavy atom. The van der Waals surface area contributed by atoms with Crippen LogP contribution < -0.4 is 5.32 Å². The summed E-state index contributed by atoms with van der Waals surface area (Å²) in [5.74, 6) is -1.20. The Morgan fingerprint density at radius 3 is 2.22 bits per heavy atom. The number of carbonyl (C=O) groups excluding carboxylic acids is 3. The molecule has 0 spiro atoms. The van der Waals surface area contributed by atoms with Crippen molar-refractivity contribution in [3.8, 4) is 0 Å². The van der Waals surface area contributed by atoms with Crippen LogP contribution in [0, 0.1) is 6.92 Å². The Bertz CT molecular complexity index is 258. The van der Waals surface area contributed by atoms with Crippen LogP contribution in [-0.2, 0) is 47.1 Å². The van der Waals surface area contributed by atoms with Gasteiger partial charge in [0, 0.05) is 45.0 Å². The second-order valence-corrected chi connectivity index (χ2v) is 2.74. The van der Waals surface area contributed by atoms with Crippen LogP contribution in [-0.4, -0.2) is 23.8 Å². The zero-order valence-corrected chi connectivity index (χ0v) is 14.5. The largest absolute Gasteiger partial charge is 0.645 e. The van der Waals surface area contributed by atoms with E-state index in [4.69, 9.17) is 0 Å². The number of hydrogen-bond acceptors (Lipinski definition) is 3. The van der Waals surface area contributed by atoms with Crippen molar-refractivity contribution in [1.82, 2.24) is 5.32 Å². The van der Waals surface area contributed by atoms with Crippen LogP contribution in [0.3, 0.4) is 0 Å². The molecule has 0 aromatic carbocycles. The Morgan fingerprint density at radius 1 is 1.33 bits per heavy atom. The summed E-state index contributed by atoms with van der Waals surface area (Å²) < 4.78 is 0. The Balaban J connectivity index is -0.000000409. The van der Waals surface area contributed by atoms with Gasteiger partial charge in [-0.25, -0.2) is 0 Å². The van der Waals surface area contributed by atoms with Gasteiger partial charge in [-0.15, -0.1) is 6.42 Å². The molecule has 1 N–H and O–H groups in total. The average molecular weight is 331 g/mol. The SMILES string of the molecule is CC.CC.[CH2-]CC(=O)[N-]C1CCC(=O)NC1=O.[Y]. The maximum absolute atomic E-state index is 11.1. The molecule has 0 aliphatic carbocycles. The van der Waals surface area contributed by atoms with Crippen LogP contribution in [0.25, 0.3) is 5.32 Å². The maximum atomic E-state index is 11.1. The van der Waals surface area contributed by atoms with Crippen molar-refractivity contribution in [2.24, 2.45) is 0 Å². The number of hydrogen-bond donors (Lipinski definition) is 1. The third-order valence-corrected chi connectivity index (χ3v) is 1.72. The number of rotatable bonds is 2. The molecule has 0 saturated carbocycles. The zero-order chi connectivity index (χ0) is 13.8. The predicted molar refractivity (Wildman–Crippen MR) is 67.2 cm³/mol. The van der Waals surface area contributed by atoms with Crippen LogP contribution in [0.5, 0.6) is 0 Å². The van der Waals surface area contributed by atoms with Gasteiger partial charge >= 0.3 is 0 Å². The Labute approximate surface area is 135 Å². The first kappa shape index (κ1) is 22.9. The number of carbonyl (C=O) groups is 3. The molecule has 1 saturated heterocycles. The summed E-state index contributed by atoms with van der Waals surface area (Å²) in [5, 5.41) is 5.72. The molecular weight excluding hydrogens is 309 g/mol. The summed E-state index contributed by atoms with van der Waals surface area (Å²) in [7, 11) is 0. The van der Waals surface area contributed by atoms with Gasteiger partial charge < -0.3 is 17.0 Å². The molecule has 3 amide bonds. The number of imide groups is 1. The molecule has 0 aromatic rings. The minimum Gasteiger partial charge on any atom is -0.645 e. The molecule has 1 heterocycles. The van der Waals surface area contributed by atoms with Gasteiger partial charge in [0.2, 0.25) is 11.8 Å². The fourth-order valence-corrected chi connectivity index (χ4v) is 1.04. The van der Waals surface area contributed by atoms with Crippen molar-refractivity contribution < 1.29 is 47.1 Å². The van der Waals surface area contributed by atoms with Crippen LogP contribution in [0.15, 0.2) is 0 Å². The van der Waals surface area contributed by atoms with Crippen molar-refractivity contribution in [2.45, 2.75) is 53.0 Å². The van der Waals surface area contributed by atoms with E-state index in [-0.39, 0.29) is 51.5 Å². The average Bonchev–Trinajstić information content (AvgIpc) is 2.37. The first-order valence-electron chi connectivity index (χ1n) is 6.00. The third-order valence-electron chi connectivity index (χ3n) is 1.72. The number of amides is 3. The van der Waals surface area contributed by atoms with Crippen molar-refractivity contribution in [2.75, 3.05) is 0 Å². The van der Waals surface area contributed by atoms with E-state index >= 15 is 0 Å². The van der Waals surface area contributed by atoms with E-state index in [9.17, 15) is 14.4 Å². The Kier molecular flexibility index (Phi) is 18.8. The van der Waals surface area contributed by atoms with Crippen LogP contribution in [0.2, 0.25) is 0 Å².